The van der Waals surface area contributed by atoms with Crippen LogP contribution in [0, 0.1) is 0 Å². The number of nitrogens with zero attached hydrogens (tertiary/aromatic N) is 1. The minimum Gasteiger partial charge on any atom is -0.493 e. The number of methoxy groups -OCH3 is 1. The molecule has 20 heavy (non-hydrogen) atoms. The molecule has 2 N–H and O–H groups in total. The smallest absolute Gasteiger partial charge is 0.262 e. The van der Waals surface area contributed by atoms with Crippen LogP contribution in [0.2, 0.25) is 0 Å². The van der Waals surface area contributed by atoms with Gasteiger partial charge in [-0.15, -0.1) is 0 Å². The van der Waals surface area contributed by atoms with E-state index >= 15 is 0 Å². The highest BCUT2D eigenvalue weighted by atomic mass is 79.9. The van der Waals surface area contributed by atoms with E-state index in [2.05, 4.69) is 25.9 Å². The second kappa shape index (κ2) is 6.67. The summed E-state index contributed by atoms with van der Waals surface area (Å²) in [5.74, 6) is 0.217. The first-order valence-electron chi connectivity index (χ1n) is 6.19. The van der Waals surface area contributed by atoms with Gasteiger partial charge in [-0.05, 0) is 24.1 Å². The molecule has 0 radical (unpaired) electrons. The Morgan fingerprint density at radius 3 is 2.65 bits per heavy atom. The first kappa shape index (κ1) is 14.7. The second-order valence-electron chi connectivity index (χ2n) is 4.31. The number of halogens is 1. The molecular formula is C14H15BrN2O3. The van der Waals surface area contributed by atoms with Gasteiger partial charge in [0.05, 0.1) is 0 Å². The highest BCUT2D eigenvalue weighted by Crippen LogP contribution is 2.24. The van der Waals surface area contributed by atoms with Gasteiger partial charge in [0.25, 0.3) is 5.56 Å². The molecule has 0 aliphatic heterocycles. The van der Waals surface area contributed by atoms with Crippen molar-refractivity contribution in [3.05, 3.63) is 44.9 Å². The Kier molecular flexibility index (Phi) is 4.92. The van der Waals surface area contributed by atoms with Crippen LogP contribution in [0.4, 0.5) is 0 Å². The van der Waals surface area contributed by atoms with Crippen molar-refractivity contribution in [1.29, 1.82) is 0 Å². The highest BCUT2D eigenvalue weighted by molar-refractivity contribution is 9.10. The number of aromatic amines is 1. The van der Waals surface area contributed by atoms with Crippen molar-refractivity contribution in [3.8, 4) is 17.0 Å². The molecule has 0 aliphatic carbocycles. The van der Waals surface area contributed by atoms with E-state index in [-0.39, 0.29) is 17.0 Å². The Morgan fingerprint density at radius 2 is 2.05 bits per heavy atom. The molecule has 0 fully saturated rings. The van der Waals surface area contributed by atoms with Crippen molar-refractivity contribution in [2.45, 2.75) is 12.8 Å². The maximum Gasteiger partial charge on any atom is 0.262 e. The fraction of sp³-hybridized carbons (Fsp3) is 0.286. The number of hydrogen-bond acceptors (Lipinski definition) is 4. The first-order valence-corrected chi connectivity index (χ1v) is 6.98. The molecule has 0 spiro atoms. The predicted octanol–water partition coefficient (Wildman–Crippen LogP) is 2.48. The summed E-state index contributed by atoms with van der Waals surface area (Å²) in [6.45, 7) is 0.582. The molecule has 1 aromatic heterocycles. The third-order valence-electron chi connectivity index (χ3n) is 2.84. The monoisotopic (exact) mass is 338 g/mol. The summed E-state index contributed by atoms with van der Waals surface area (Å²) < 4.78 is 5.85. The summed E-state index contributed by atoms with van der Waals surface area (Å²) in [6.07, 6.45) is 1.29. The third-order valence-corrected chi connectivity index (χ3v) is 3.37. The first-order chi connectivity index (χ1) is 9.61. The molecule has 0 unspecified atom stereocenters. The SMILES string of the molecule is COCCCc1nc(O)c(-c2ccc(Br)cc2)c(=O)[nH]1. The normalized spacial score (nSPS) is 10.7. The van der Waals surface area contributed by atoms with Gasteiger partial charge in [0.2, 0.25) is 5.88 Å². The van der Waals surface area contributed by atoms with E-state index < -0.39 is 0 Å². The van der Waals surface area contributed by atoms with Crippen LogP contribution in [-0.4, -0.2) is 28.8 Å². The molecule has 0 bridgehead atoms. The van der Waals surface area contributed by atoms with E-state index in [0.29, 0.717) is 24.4 Å². The Balaban J connectivity index is 2.31. The molecule has 0 saturated carbocycles. The van der Waals surface area contributed by atoms with Crippen molar-refractivity contribution in [2.75, 3.05) is 13.7 Å². The Morgan fingerprint density at radius 1 is 1.35 bits per heavy atom. The van der Waals surface area contributed by atoms with Crippen LogP contribution in [-0.2, 0) is 11.2 Å². The molecule has 2 rings (SSSR count). The molecule has 5 nitrogen and oxygen atoms in total. The molecule has 0 aliphatic rings. The van der Waals surface area contributed by atoms with Crippen molar-refractivity contribution >= 4 is 15.9 Å². The van der Waals surface area contributed by atoms with Crippen molar-refractivity contribution < 1.29 is 9.84 Å². The number of aromatic nitrogens is 2. The Hall–Kier alpha value is -1.66. The van der Waals surface area contributed by atoms with Gasteiger partial charge in [0, 0.05) is 24.6 Å². The zero-order chi connectivity index (χ0) is 14.5. The van der Waals surface area contributed by atoms with Gasteiger partial charge in [0.1, 0.15) is 11.4 Å². The molecule has 0 atom stereocenters. The number of aryl methyl sites for hydroxylation is 1. The van der Waals surface area contributed by atoms with Crippen LogP contribution >= 0.6 is 15.9 Å². The van der Waals surface area contributed by atoms with Gasteiger partial charge in [0.15, 0.2) is 0 Å². The predicted molar refractivity (Wildman–Crippen MR) is 79.9 cm³/mol. The lowest BCUT2D eigenvalue weighted by molar-refractivity contribution is 0.194. The molecule has 1 heterocycles. The summed E-state index contributed by atoms with van der Waals surface area (Å²) in [5, 5.41) is 9.98. The minimum absolute atomic E-state index is 0.188. The van der Waals surface area contributed by atoms with Crippen LogP contribution in [0.1, 0.15) is 12.2 Å². The molecule has 106 valence electrons. The van der Waals surface area contributed by atoms with Gasteiger partial charge >= 0.3 is 0 Å². The van der Waals surface area contributed by atoms with Crippen LogP contribution in [0.3, 0.4) is 0 Å². The Labute approximate surface area is 124 Å². The summed E-state index contributed by atoms with van der Waals surface area (Å²) in [4.78, 5) is 18.8. The van der Waals surface area contributed by atoms with E-state index in [4.69, 9.17) is 4.74 Å². The number of ether oxygens (including phenoxy) is 1. The number of nitrogens with one attached hydrogen (secondary N) is 1. The van der Waals surface area contributed by atoms with Crippen LogP contribution < -0.4 is 5.56 Å². The van der Waals surface area contributed by atoms with Gasteiger partial charge < -0.3 is 14.8 Å². The van der Waals surface area contributed by atoms with Gasteiger partial charge in [-0.1, -0.05) is 28.1 Å². The topological polar surface area (TPSA) is 75.2 Å². The zero-order valence-electron chi connectivity index (χ0n) is 11.0. The second-order valence-corrected chi connectivity index (χ2v) is 5.23. The van der Waals surface area contributed by atoms with E-state index in [0.717, 1.165) is 10.9 Å². The van der Waals surface area contributed by atoms with Gasteiger partial charge in [-0.3, -0.25) is 4.79 Å². The van der Waals surface area contributed by atoms with Gasteiger partial charge in [-0.25, -0.2) is 0 Å². The van der Waals surface area contributed by atoms with Crippen molar-refractivity contribution in [3.63, 3.8) is 0 Å². The number of aromatic hydroxyl groups is 1. The third kappa shape index (κ3) is 3.46. The average molecular weight is 339 g/mol. The number of benzene rings is 1. The van der Waals surface area contributed by atoms with Crippen molar-refractivity contribution in [2.24, 2.45) is 0 Å². The lowest BCUT2D eigenvalue weighted by Gasteiger charge is -2.06. The average Bonchev–Trinajstić information content (AvgIpc) is 2.40. The van der Waals surface area contributed by atoms with Crippen molar-refractivity contribution in [1.82, 2.24) is 9.97 Å². The number of hydrogen-bond donors (Lipinski definition) is 2. The van der Waals surface area contributed by atoms with Gasteiger partial charge in [-0.2, -0.15) is 4.98 Å². The maximum absolute atomic E-state index is 12.1. The molecule has 2 aromatic rings. The van der Waals surface area contributed by atoms with E-state index in [1.165, 1.54) is 0 Å². The summed E-state index contributed by atoms with van der Waals surface area (Å²) in [7, 11) is 1.62. The molecule has 1 aromatic carbocycles. The van der Waals surface area contributed by atoms with Crippen LogP contribution in [0.25, 0.3) is 11.1 Å². The standard InChI is InChI=1S/C14H15BrN2O3/c1-20-8-2-3-11-16-13(18)12(14(19)17-11)9-4-6-10(15)7-5-9/h4-7H,2-3,8H2,1H3,(H2,16,17,18,19). The summed E-state index contributed by atoms with van der Waals surface area (Å²) in [5.41, 5.74) is 0.475. The van der Waals surface area contributed by atoms with Crippen LogP contribution in [0.5, 0.6) is 5.88 Å². The molecule has 6 heteroatoms. The van der Waals surface area contributed by atoms with E-state index in [1.54, 1.807) is 31.4 Å². The summed E-state index contributed by atoms with van der Waals surface area (Å²) in [6, 6.07) is 7.11. The lowest BCUT2D eigenvalue weighted by Crippen LogP contribution is -2.14. The fourth-order valence-electron chi connectivity index (χ4n) is 1.89. The van der Waals surface area contributed by atoms with Crippen LogP contribution in [0.15, 0.2) is 33.5 Å². The minimum atomic E-state index is -0.341. The molecule has 0 saturated heterocycles. The number of H-pyrrole nitrogens is 1. The maximum atomic E-state index is 12.1. The molecule has 0 amide bonds. The summed E-state index contributed by atoms with van der Waals surface area (Å²) >= 11 is 3.33. The zero-order valence-corrected chi connectivity index (χ0v) is 12.6. The largest absolute Gasteiger partial charge is 0.493 e. The quantitative estimate of drug-likeness (QED) is 0.821. The Bertz CT molecular complexity index is 638. The lowest BCUT2D eigenvalue weighted by atomic mass is 10.1. The van der Waals surface area contributed by atoms with E-state index in [9.17, 15) is 9.90 Å². The highest BCUT2D eigenvalue weighted by Gasteiger charge is 2.12. The van der Waals surface area contributed by atoms with E-state index in [1.807, 2.05) is 0 Å². The fourth-order valence-corrected chi connectivity index (χ4v) is 2.15. The number of rotatable bonds is 5. The molecular weight excluding hydrogens is 324 g/mol.